The van der Waals surface area contributed by atoms with Gasteiger partial charge in [-0.3, -0.25) is 14.0 Å². The highest BCUT2D eigenvalue weighted by Crippen LogP contribution is 2.14. The second-order valence-corrected chi connectivity index (χ2v) is 5.42. The highest BCUT2D eigenvalue weighted by molar-refractivity contribution is 6.00. The molecule has 1 amide bonds. The highest BCUT2D eigenvalue weighted by atomic mass is 16.1. The predicted molar refractivity (Wildman–Crippen MR) is 96.3 cm³/mol. The lowest BCUT2D eigenvalue weighted by Crippen LogP contribution is -2.42. The average molecular weight is 336 g/mol. The van der Waals surface area contributed by atoms with Crippen molar-refractivity contribution < 1.29 is 9.36 Å². The van der Waals surface area contributed by atoms with Crippen LogP contribution in [0.2, 0.25) is 0 Å². The minimum atomic E-state index is -0.380. The van der Waals surface area contributed by atoms with Crippen LogP contribution in [0.25, 0.3) is 16.7 Å². The van der Waals surface area contributed by atoms with Gasteiger partial charge in [0.1, 0.15) is 10.9 Å². The molecule has 7 heteroatoms. The Morgan fingerprint density at radius 1 is 1.36 bits per heavy atom. The van der Waals surface area contributed by atoms with E-state index in [1.54, 1.807) is 41.1 Å². The molecule has 25 heavy (non-hydrogen) atoms. The van der Waals surface area contributed by atoms with E-state index in [9.17, 15) is 9.59 Å². The maximum atomic E-state index is 12.8. The molecule has 0 radical (unpaired) electrons. The lowest BCUT2D eigenvalue weighted by Gasteiger charge is -2.10. The number of allylic oxidation sites excluding steroid dienone is 1. The molecule has 3 rings (SSSR count). The van der Waals surface area contributed by atoms with Crippen molar-refractivity contribution in [3.63, 3.8) is 0 Å². The van der Waals surface area contributed by atoms with E-state index >= 15 is 0 Å². The molecule has 0 saturated carbocycles. The van der Waals surface area contributed by atoms with Gasteiger partial charge in [0.15, 0.2) is 0 Å². The lowest BCUT2D eigenvalue weighted by molar-refractivity contribution is -0.648. The van der Waals surface area contributed by atoms with Gasteiger partial charge in [0.2, 0.25) is 11.5 Å². The van der Waals surface area contributed by atoms with E-state index in [4.69, 9.17) is 5.73 Å². The van der Waals surface area contributed by atoms with E-state index in [0.29, 0.717) is 29.8 Å². The van der Waals surface area contributed by atoms with Crippen LogP contribution in [0.15, 0.2) is 60.6 Å². The maximum Gasteiger partial charge on any atom is 0.278 e. The van der Waals surface area contributed by atoms with Gasteiger partial charge in [0, 0.05) is 12.7 Å². The Bertz CT molecular complexity index is 1070. The molecule has 126 valence electrons. The molecule has 3 N–H and O–H groups in total. The first-order chi connectivity index (χ1) is 12.1. The Balaban J connectivity index is 2.38. The number of nitrogens with zero attached hydrogens (tertiary/aromatic N) is 3. The minimum absolute atomic E-state index is 0.214. The Morgan fingerprint density at radius 2 is 2.16 bits per heavy atom. The molecule has 0 unspecified atom stereocenters. The third kappa shape index (κ3) is 2.76. The van der Waals surface area contributed by atoms with E-state index in [1.807, 2.05) is 0 Å². The summed E-state index contributed by atoms with van der Waals surface area (Å²) in [5.41, 5.74) is 7.04. The highest BCUT2D eigenvalue weighted by Gasteiger charge is 2.23. The second-order valence-electron chi connectivity index (χ2n) is 5.42. The number of anilines is 1. The molecule has 3 heterocycles. The molecule has 7 nitrogen and oxygen atoms in total. The summed E-state index contributed by atoms with van der Waals surface area (Å²) in [5, 5.41) is 2.98. The average Bonchev–Trinajstić information content (AvgIpc) is 2.62. The lowest BCUT2D eigenvalue weighted by atomic mass is 10.1. The molecule has 0 saturated heterocycles. The van der Waals surface area contributed by atoms with Gasteiger partial charge in [-0.25, -0.2) is 4.57 Å². The van der Waals surface area contributed by atoms with Gasteiger partial charge in [-0.1, -0.05) is 29.8 Å². The van der Waals surface area contributed by atoms with Crippen LogP contribution in [-0.4, -0.2) is 21.8 Å². The maximum absolute atomic E-state index is 12.8. The summed E-state index contributed by atoms with van der Waals surface area (Å²) in [7, 11) is 0. The standard InChI is InChI=1S/C18H17N5O2/c1-3-8-20-17(24)12-11-13-16(23(9-4-2)15(12)19)21-14-7-5-6-10-22(14)18(13)25/h3-7,10-11,19H,1-2,8-9H2,(H,20,24)/p+1. The van der Waals surface area contributed by atoms with Crippen LogP contribution in [0.4, 0.5) is 5.82 Å². The zero-order valence-electron chi connectivity index (χ0n) is 13.6. The monoisotopic (exact) mass is 336 g/mol. The molecule has 0 fully saturated rings. The fourth-order valence-electron chi connectivity index (χ4n) is 2.66. The molecular weight excluding hydrogens is 318 g/mol. The quantitative estimate of drug-likeness (QED) is 0.410. The number of aromatic nitrogens is 3. The van der Waals surface area contributed by atoms with Crippen LogP contribution < -0.4 is 21.2 Å². The van der Waals surface area contributed by atoms with E-state index < -0.39 is 0 Å². The van der Waals surface area contributed by atoms with Gasteiger partial charge in [-0.15, -0.1) is 6.58 Å². The largest absolute Gasteiger partial charge is 0.348 e. The number of pyridine rings is 2. The third-order valence-corrected chi connectivity index (χ3v) is 3.82. The molecule has 0 atom stereocenters. The van der Waals surface area contributed by atoms with Gasteiger partial charge in [0.25, 0.3) is 17.1 Å². The molecular formula is C18H18N5O2+. The number of nitrogen functional groups attached to an aromatic ring is 1. The summed E-state index contributed by atoms with van der Waals surface area (Å²) in [6.45, 7) is 7.90. The molecule has 0 bridgehead atoms. The normalized spacial score (nSPS) is 10.7. The Kier molecular flexibility index (Phi) is 4.30. The van der Waals surface area contributed by atoms with Crippen molar-refractivity contribution in [1.29, 1.82) is 0 Å². The van der Waals surface area contributed by atoms with Crippen LogP contribution in [0.1, 0.15) is 10.4 Å². The summed E-state index contributed by atoms with van der Waals surface area (Å²) in [5.74, 6) is -0.157. The van der Waals surface area contributed by atoms with Crippen molar-refractivity contribution in [2.45, 2.75) is 6.54 Å². The van der Waals surface area contributed by atoms with Crippen molar-refractivity contribution in [1.82, 2.24) is 14.7 Å². The summed E-state index contributed by atoms with van der Waals surface area (Å²) < 4.78 is 3.04. The van der Waals surface area contributed by atoms with Gasteiger partial charge < -0.3 is 11.1 Å². The van der Waals surface area contributed by atoms with Crippen LogP contribution in [0.3, 0.4) is 0 Å². The van der Waals surface area contributed by atoms with Crippen molar-refractivity contribution in [2.24, 2.45) is 0 Å². The topological polar surface area (TPSA) is 93.4 Å². The van der Waals surface area contributed by atoms with Gasteiger partial charge in [0.05, 0.1) is 6.54 Å². The molecule has 3 aromatic rings. The van der Waals surface area contributed by atoms with Crippen molar-refractivity contribution in [3.8, 4) is 0 Å². The smallest absolute Gasteiger partial charge is 0.278 e. The SMILES string of the molecule is C=CCNC(=O)c1cc2c(=O)n3ccccc3nc2[n+](CC=C)c1N. The van der Waals surface area contributed by atoms with E-state index in [2.05, 4.69) is 23.5 Å². The van der Waals surface area contributed by atoms with Crippen LogP contribution in [0.5, 0.6) is 0 Å². The fraction of sp³-hybridized carbons (Fsp3) is 0.111. The van der Waals surface area contributed by atoms with Crippen LogP contribution >= 0.6 is 0 Å². The molecule has 0 aliphatic heterocycles. The van der Waals surface area contributed by atoms with E-state index in [1.165, 1.54) is 10.5 Å². The first-order valence-electron chi connectivity index (χ1n) is 7.72. The van der Waals surface area contributed by atoms with Gasteiger partial charge in [-0.2, -0.15) is 0 Å². The van der Waals surface area contributed by atoms with E-state index in [0.717, 1.165) is 0 Å². The predicted octanol–water partition coefficient (Wildman–Crippen LogP) is 0.819. The fourth-order valence-corrected chi connectivity index (χ4v) is 2.66. The Morgan fingerprint density at radius 3 is 2.88 bits per heavy atom. The number of amides is 1. The Labute approximate surface area is 143 Å². The van der Waals surface area contributed by atoms with Crippen molar-refractivity contribution in [2.75, 3.05) is 12.3 Å². The molecule has 0 aromatic carbocycles. The van der Waals surface area contributed by atoms with Gasteiger partial charge >= 0.3 is 0 Å². The number of fused-ring (bicyclic) bond motifs is 2. The number of nitrogens with one attached hydrogen (secondary N) is 1. The van der Waals surface area contributed by atoms with Crippen molar-refractivity contribution >= 4 is 28.4 Å². The second kappa shape index (κ2) is 6.56. The number of nitrogens with two attached hydrogens (primary N) is 1. The van der Waals surface area contributed by atoms with Crippen molar-refractivity contribution in [3.05, 3.63) is 71.7 Å². The first-order valence-corrected chi connectivity index (χ1v) is 7.72. The summed E-state index contributed by atoms with van der Waals surface area (Å²) in [4.78, 5) is 29.8. The minimum Gasteiger partial charge on any atom is -0.348 e. The number of carbonyl (C=O) groups excluding carboxylic acids is 1. The zero-order valence-corrected chi connectivity index (χ0v) is 13.6. The van der Waals surface area contributed by atoms with Gasteiger partial charge in [-0.05, 0) is 18.2 Å². The first kappa shape index (κ1) is 16.4. The number of carbonyl (C=O) groups is 1. The molecule has 3 aromatic heterocycles. The van der Waals surface area contributed by atoms with E-state index in [-0.39, 0.29) is 22.8 Å². The third-order valence-electron chi connectivity index (χ3n) is 3.82. The Hall–Kier alpha value is -3.48. The molecule has 0 spiro atoms. The summed E-state index contributed by atoms with van der Waals surface area (Å²) in [6, 6.07) is 6.76. The summed E-state index contributed by atoms with van der Waals surface area (Å²) >= 11 is 0. The number of hydrogen-bond donors (Lipinski definition) is 2. The summed E-state index contributed by atoms with van der Waals surface area (Å²) in [6.07, 6.45) is 4.84. The van der Waals surface area contributed by atoms with Crippen LogP contribution in [-0.2, 0) is 6.54 Å². The molecule has 0 aliphatic rings. The zero-order chi connectivity index (χ0) is 18.0. The molecule has 0 aliphatic carbocycles. The number of hydrogen-bond acceptors (Lipinski definition) is 4. The number of rotatable bonds is 5. The van der Waals surface area contributed by atoms with Crippen LogP contribution in [0, 0.1) is 0 Å².